The van der Waals surface area contributed by atoms with E-state index in [0.717, 1.165) is 12.0 Å². The van der Waals surface area contributed by atoms with Gasteiger partial charge in [-0.1, -0.05) is 0 Å². The number of halogens is 1. The molecule has 0 spiro atoms. The fourth-order valence-corrected chi connectivity index (χ4v) is 3.19. The zero-order chi connectivity index (χ0) is 18.1. The summed E-state index contributed by atoms with van der Waals surface area (Å²) in [4.78, 5) is 22.2. The van der Waals surface area contributed by atoms with Crippen LogP contribution in [0.2, 0.25) is 0 Å². The first-order chi connectivity index (χ1) is 12.7. The Labute approximate surface area is 148 Å². The van der Waals surface area contributed by atoms with E-state index in [1.807, 2.05) is 0 Å². The predicted molar refractivity (Wildman–Crippen MR) is 93.8 cm³/mol. The number of hydrogen-bond acceptors (Lipinski definition) is 6. The Kier molecular flexibility index (Phi) is 4.26. The van der Waals surface area contributed by atoms with Crippen molar-refractivity contribution in [2.75, 3.05) is 19.0 Å². The number of anilines is 1. The number of hydrogen-bond donors (Lipinski definition) is 2. The van der Waals surface area contributed by atoms with Gasteiger partial charge in [0, 0.05) is 24.3 Å². The molecule has 0 saturated carbocycles. The summed E-state index contributed by atoms with van der Waals surface area (Å²) in [5, 5.41) is 3.90. The largest absolute Gasteiger partial charge is 0.494 e. The van der Waals surface area contributed by atoms with Crippen molar-refractivity contribution in [1.29, 1.82) is 0 Å². The lowest BCUT2D eigenvalue weighted by molar-refractivity contribution is 0.107. The Morgan fingerprint density at radius 2 is 2.19 bits per heavy atom. The average molecular weight is 356 g/mol. The van der Waals surface area contributed by atoms with Crippen molar-refractivity contribution in [3.05, 3.63) is 58.5 Å². The molecule has 1 aliphatic rings. The first kappa shape index (κ1) is 16.5. The number of fused-ring (bicyclic) bond motifs is 1. The monoisotopic (exact) mass is 356 g/mol. The van der Waals surface area contributed by atoms with E-state index in [2.05, 4.69) is 20.3 Å². The van der Waals surface area contributed by atoms with Gasteiger partial charge >= 0.3 is 0 Å². The third-order valence-corrected chi connectivity index (χ3v) is 4.48. The number of ether oxygens (including phenoxy) is 2. The molecule has 0 amide bonds. The molecule has 7 nitrogen and oxygen atoms in total. The number of aromatic amines is 1. The fourth-order valence-electron chi connectivity index (χ4n) is 3.19. The van der Waals surface area contributed by atoms with Gasteiger partial charge in [-0.25, -0.2) is 14.4 Å². The van der Waals surface area contributed by atoms with E-state index in [4.69, 9.17) is 9.47 Å². The second-order valence-electron chi connectivity index (χ2n) is 6.02. The van der Waals surface area contributed by atoms with E-state index >= 15 is 0 Å². The van der Waals surface area contributed by atoms with Crippen LogP contribution >= 0.6 is 0 Å². The molecule has 1 aliphatic heterocycles. The predicted octanol–water partition coefficient (Wildman–Crippen LogP) is 2.41. The molecule has 134 valence electrons. The van der Waals surface area contributed by atoms with E-state index < -0.39 is 5.82 Å². The van der Waals surface area contributed by atoms with E-state index in [1.165, 1.54) is 19.5 Å². The van der Waals surface area contributed by atoms with Gasteiger partial charge in [-0.2, -0.15) is 0 Å². The van der Waals surface area contributed by atoms with Crippen molar-refractivity contribution in [3.63, 3.8) is 0 Å². The summed E-state index contributed by atoms with van der Waals surface area (Å²) in [7, 11) is 1.41. The first-order valence-electron chi connectivity index (χ1n) is 8.21. The molecule has 3 heterocycles. The van der Waals surface area contributed by atoms with Gasteiger partial charge in [0.25, 0.3) is 0 Å². The molecule has 2 N–H and O–H groups in total. The number of pyridine rings is 1. The zero-order valence-electron chi connectivity index (χ0n) is 14.0. The summed E-state index contributed by atoms with van der Waals surface area (Å²) in [6.07, 6.45) is 3.49. The number of methoxy groups -OCH3 is 1. The van der Waals surface area contributed by atoms with Crippen LogP contribution in [0.1, 0.15) is 18.1 Å². The molecular weight excluding hydrogens is 339 g/mol. The van der Waals surface area contributed by atoms with Crippen LogP contribution in [0.4, 0.5) is 10.2 Å². The number of nitrogens with zero attached hydrogens (tertiary/aromatic N) is 2. The third-order valence-electron chi connectivity index (χ3n) is 4.48. The fraction of sp³-hybridized carbons (Fsp3) is 0.278. The molecule has 1 aromatic carbocycles. The van der Waals surface area contributed by atoms with Crippen molar-refractivity contribution < 1.29 is 13.9 Å². The molecular formula is C18H17FN4O3. The highest BCUT2D eigenvalue weighted by atomic mass is 19.1. The maximum absolute atomic E-state index is 14.4. The molecule has 3 aromatic rings. The maximum atomic E-state index is 14.4. The van der Waals surface area contributed by atoms with Gasteiger partial charge in [-0.15, -0.1) is 0 Å². The topological polar surface area (TPSA) is 89.1 Å². The summed E-state index contributed by atoms with van der Waals surface area (Å²) in [6.45, 7) is 0.576. The standard InChI is InChI=1S/C18H17FN4O3/c1-25-13-4-3-11-16(15(13)19)21-9-22-18(11)23-12-6-7-26-17(12)10-2-5-14(24)20-8-10/h2-5,8-9,12,17H,6-7H2,1H3,(H,20,24)(H,21,22,23)/t12-,17+/m1/s1. The summed E-state index contributed by atoms with van der Waals surface area (Å²) in [5.41, 5.74) is 0.898. The van der Waals surface area contributed by atoms with E-state index in [9.17, 15) is 9.18 Å². The summed E-state index contributed by atoms with van der Waals surface area (Å²) in [6, 6.07) is 6.42. The van der Waals surface area contributed by atoms with Gasteiger partial charge in [0.1, 0.15) is 23.8 Å². The molecule has 4 rings (SSSR count). The summed E-state index contributed by atoms with van der Waals surface area (Å²) >= 11 is 0. The molecule has 1 saturated heterocycles. The molecule has 8 heteroatoms. The number of rotatable bonds is 4. The zero-order valence-corrected chi connectivity index (χ0v) is 14.0. The van der Waals surface area contributed by atoms with Gasteiger partial charge in [0.15, 0.2) is 11.6 Å². The maximum Gasteiger partial charge on any atom is 0.247 e. The van der Waals surface area contributed by atoms with Gasteiger partial charge in [0.2, 0.25) is 5.56 Å². The highest BCUT2D eigenvalue weighted by Crippen LogP contribution is 2.33. The molecule has 26 heavy (non-hydrogen) atoms. The quantitative estimate of drug-likeness (QED) is 0.746. The highest BCUT2D eigenvalue weighted by molar-refractivity contribution is 5.90. The Morgan fingerprint density at radius 3 is 2.96 bits per heavy atom. The van der Waals surface area contributed by atoms with Crippen molar-refractivity contribution in [2.45, 2.75) is 18.6 Å². The summed E-state index contributed by atoms with van der Waals surface area (Å²) < 4.78 is 25.3. The lowest BCUT2D eigenvalue weighted by Gasteiger charge is -2.21. The SMILES string of the molecule is COc1ccc2c(N[C@@H]3CCO[C@H]3c3ccc(=O)[nH]c3)ncnc2c1F. The Bertz CT molecular complexity index is 987. The third kappa shape index (κ3) is 2.88. The van der Waals surface area contributed by atoms with Gasteiger partial charge in [0.05, 0.1) is 13.2 Å². The van der Waals surface area contributed by atoms with Gasteiger partial charge in [-0.05, 0) is 30.2 Å². The minimum Gasteiger partial charge on any atom is -0.494 e. The molecule has 0 bridgehead atoms. The van der Waals surface area contributed by atoms with Gasteiger partial charge in [-0.3, -0.25) is 4.79 Å². The smallest absolute Gasteiger partial charge is 0.247 e. The normalized spacial score (nSPS) is 19.6. The molecule has 0 radical (unpaired) electrons. The van der Waals surface area contributed by atoms with Gasteiger partial charge < -0.3 is 19.8 Å². The second-order valence-corrected chi connectivity index (χ2v) is 6.02. The van der Waals surface area contributed by atoms with Crippen molar-refractivity contribution in [1.82, 2.24) is 15.0 Å². The minimum absolute atomic E-state index is 0.0656. The van der Waals surface area contributed by atoms with Crippen LogP contribution in [0, 0.1) is 5.82 Å². The second kappa shape index (κ2) is 6.72. The van der Waals surface area contributed by atoms with E-state index in [1.54, 1.807) is 24.4 Å². The molecule has 2 atom stereocenters. The number of nitrogens with one attached hydrogen (secondary N) is 2. The minimum atomic E-state index is -0.518. The van der Waals surface area contributed by atoms with Crippen LogP contribution in [0.3, 0.4) is 0 Å². The van der Waals surface area contributed by atoms with Crippen LogP contribution in [0.25, 0.3) is 10.9 Å². The Balaban J connectivity index is 1.67. The van der Waals surface area contributed by atoms with Crippen molar-refractivity contribution in [3.8, 4) is 5.75 Å². The first-order valence-corrected chi connectivity index (χ1v) is 8.21. The van der Waals surface area contributed by atoms with Crippen LogP contribution < -0.4 is 15.6 Å². The van der Waals surface area contributed by atoms with Crippen molar-refractivity contribution >= 4 is 16.7 Å². The molecule has 0 unspecified atom stereocenters. The number of H-pyrrole nitrogens is 1. The molecule has 1 fully saturated rings. The lowest BCUT2D eigenvalue weighted by Crippen LogP contribution is -2.24. The van der Waals surface area contributed by atoms with Crippen LogP contribution in [0.5, 0.6) is 5.75 Å². The van der Waals surface area contributed by atoms with Crippen LogP contribution in [0.15, 0.2) is 41.6 Å². The average Bonchev–Trinajstić information content (AvgIpc) is 3.11. The highest BCUT2D eigenvalue weighted by Gasteiger charge is 2.30. The van der Waals surface area contributed by atoms with Crippen LogP contribution in [-0.2, 0) is 4.74 Å². The lowest BCUT2D eigenvalue weighted by atomic mass is 10.0. The molecule has 2 aromatic heterocycles. The Hall–Kier alpha value is -3.00. The summed E-state index contributed by atoms with van der Waals surface area (Å²) in [5.74, 6) is 0.147. The number of aromatic nitrogens is 3. The van der Waals surface area contributed by atoms with E-state index in [-0.39, 0.29) is 29.0 Å². The molecule has 0 aliphatic carbocycles. The van der Waals surface area contributed by atoms with Crippen LogP contribution in [-0.4, -0.2) is 34.7 Å². The Morgan fingerprint density at radius 1 is 1.31 bits per heavy atom. The number of benzene rings is 1. The van der Waals surface area contributed by atoms with E-state index in [0.29, 0.717) is 17.8 Å². The van der Waals surface area contributed by atoms with Crippen molar-refractivity contribution in [2.24, 2.45) is 0 Å².